The molecule has 0 N–H and O–H groups in total. The Morgan fingerprint density at radius 1 is 1.80 bits per heavy atom. The molecule has 0 radical (unpaired) electrons. The normalized spacial score (nSPS) is 7.00. The van der Waals surface area contributed by atoms with Crippen LogP contribution in [0.25, 0.3) is 0 Å². The molecule has 0 aliphatic rings. The molecule has 0 spiro atoms. The molecule has 0 saturated heterocycles. The summed E-state index contributed by atoms with van der Waals surface area (Å²) < 4.78 is 11.4. The van der Waals surface area contributed by atoms with Gasteiger partial charge in [0.1, 0.15) is 7.17 Å². The lowest BCUT2D eigenvalue weighted by atomic mass is 9.38. The molecule has 28 valence electrons. The van der Waals surface area contributed by atoms with Gasteiger partial charge in [-0.2, -0.15) is 0 Å². The van der Waals surface area contributed by atoms with Crippen LogP contribution >= 0.6 is 0 Å². The second kappa shape index (κ2) is 2.31. The van der Waals surface area contributed by atoms with Crippen molar-refractivity contribution in [1.82, 2.24) is 0 Å². The van der Waals surface area contributed by atoms with Gasteiger partial charge in [0.25, 0.3) is 0 Å². The predicted octanol–water partition coefficient (Wildman–Crippen LogP) is 0.558. The molecule has 0 bridgehead atoms. The SMILES string of the molecule is CBB(C)F. The first kappa shape index (κ1) is 5.06. The van der Waals surface area contributed by atoms with Gasteiger partial charge in [-0.3, -0.25) is 0 Å². The van der Waals surface area contributed by atoms with E-state index in [9.17, 15) is 4.32 Å². The molecule has 0 aromatic carbocycles. The van der Waals surface area contributed by atoms with Crippen LogP contribution in [0.5, 0.6) is 0 Å². The average molecular weight is 71.7 g/mol. The Hall–Kier alpha value is 0.0599. The van der Waals surface area contributed by atoms with Crippen molar-refractivity contribution in [3.8, 4) is 0 Å². The van der Waals surface area contributed by atoms with Crippen molar-refractivity contribution >= 4 is 14.1 Å². The van der Waals surface area contributed by atoms with Crippen molar-refractivity contribution in [1.29, 1.82) is 0 Å². The smallest absolute Gasteiger partial charge is 0.302 e. The molecular weight excluding hydrogens is 64.6 g/mol. The summed E-state index contributed by atoms with van der Waals surface area (Å²) >= 11 is 0. The highest BCUT2D eigenvalue weighted by molar-refractivity contribution is 7.07. The Balaban J connectivity index is 2.54. The average Bonchev–Trinajstić information content (AvgIpc) is 1.38. The van der Waals surface area contributed by atoms with E-state index in [1.54, 1.807) is 6.82 Å². The minimum Gasteiger partial charge on any atom is -0.348 e. The fourth-order valence-electron chi connectivity index (χ4n) is 0. The summed E-state index contributed by atoms with van der Waals surface area (Å²) in [5.74, 6) is 0. The van der Waals surface area contributed by atoms with Gasteiger partial charge in [-0.15, -0.1) is 0 Å². The van der Waals surface area contributed by atoms with E-state index >= 15 is 0 Å². The Bertz CT molecular complexity index is 21.6. The van der Waals surface area contributed by atoms with Gasteiger partial charge in [-0.1, -0.05) is 13.6 Å². The van der Waals surface area contributed by atoms with Crippen LogP contribution in [0.2, 0.25) is 13.6 Å². The molecule has 0 aromatic rings. The third-order valence-electron chi connectivity index (χ3n) is 0.563. The van der Waals surface area contributed by atoms with Crippen LogP contribution in [0.15, 0.2) is 0 Å². The van der Waals surface area contributed by atoms with Crippen LogP contribution in [0, 0.1) is 0 Å². The zero-order chi connectivity index (χ0) is 4.28. The van der Waals surface area contributed by atoms with Gasteiger partial charge < -0.3 is 4.32 Å². The lowest BCUT2D eigenvalue weighted by molar-refractivity contribution is 0.865. The Kier molecular flexibility index (Phi) is 2.33. The summed E-state index contributed by atoms with van der Waals surface area (Å²) in [4.78, 5) is 0. The monoisotopic (exact) mass is 72.1 g/mol. The van der Waals surface area contributed by atoms with E-state index in [2.05, 4.69) is 0 Å². The van der Waals surface area contributed by atoms with Crippen molar-refractivity contribution in [3.63, 3.8) is 0 Å². The van der Waals surface area contributed by atoms with E-state index in [4.69, 9.17) is 0 Å². The summed E-state index contributed by atoms with van der Waals surface area (Å²) in [5, 5.41) is 0. The fourth-order valence-corrected chi connectivity index (χ4v) is 0. The van der Waals surface area contributed by atoms with E-state index in [1.807, 2.05) is 6.82 Å². The van der Waals surface area contributed by atoms with Crippen LogP contribution in [-0.2, 0) is 0 Å². The van der Waals surface area contributed by atoms with Crippen LogP contribution in [0.4, 0.5) is 4.32 Å². The molecular formula is C2H7B2F. The van der Waals surface area contributed by atoms with Gasteiger partial charge in [0.05, 0.1) is 0 Å². The van der Waals surface area contributed by atoms with Crippen LogP contribution < -0.4 is 0 Å². The summed E-state index contributed by atoms with van der Waals surface area (Å²) in [6.45, 7) is 2.76. The Morgan fingerprint density at radius 2 is 2.00 bits per heavy atom. The second-order valence-corrected chi connectivity index (χ2v) is 1.19. The van der Waals surface area contributed by atoms with Gasteiger partial charge >= 0.3 is 6.88 Å². The zero-order valence-corrected chi connectivity index (χ0v) is 3.66. The van der Waals surface area contributed by atoms with Crippen LogP contribution in [0.1, 0.15) is 0 Å². The third-order valence-corrected chi connectivity index (χ3v) is 0.563. The molecule has 0 nitrogen and oxygen atoms in total. The molecule has 0 rings (SSSR count). The highest BCUT2D eigenvalue weighted by Crippen LogP contribution is 1.73. The van der Waals surface area contributed by atoms with Gasteiger partial charge in [0.15, 0.2) is 0 Å². The summed E-state index contributed by atoms with van der Waals surface area (Å²) in [7, 11) is 0.639. The van der Waals surface area contributed by atoms with Gasteiger partial charge in [0.2, 0.25) is 0 Å². The number of hydrogen-bond donors (Lipinski definition) is 0. The highest BCUT2D eigenvalue weighted by atomic mass is 19.1. The van der Waals surface area contributed by atoms with Crippen LogP contribution in [-0.4, -0.2) is 14.1 Å². The van der Waals surface area contributed by atoms with Crippen molar-refractivity contribution < 1.29 is 4.32 Å². The predicted molar refractivity (Wildman–Crippen MR) is 25.7 cm³/mol. The van der Waals surface area contributed by atoms with Crippen molar-refractivity contribution in [2.24, 2.45) is 0 Å². The van der Waals surface area contributed by atoms with E-state index in [0.29, 0.717) is 7.17 Å². The molecule has 0 saturated carbocycles. The van der Waals surface area contributed by atoms with Gasteiger partial charge in [-0.05, 0) is 0 Å². The topological polar surface area (TPSA) is 0 Å². The molecule has 0 atom stereocenters. The Morgan fingerprint density at radius 3 is 2.00 bits per heavy atom. The fraction of sp³-hybridized carbons (Fsp3) is 1.00. The van der Waals surface area contributed by atoms with Gasteiger partial charge in [0, 0.05) is 0 Å². The summed E-state index contributed by atoms with van der Waals surface area (Å²) in [6.07, 6.45) is 0. The van der Waals surface area contributed by atoms with Gasteiger partial charge in [-0.25, -0.2) is 0 Å². The van der Waals surface area contributed by atoms with E-state index < -0.39 is 6.88 Å². The zero-order valence-electron chi connectivity index (χ0n) is 3.66. The lowest BCUT2D eigenvalue weighted by Crippen LogP contribution is -2.05. The molecule has 0 fully saturated rings. The maximum atomic E-state index is 11.4. The highest BCUT2D eigenvalue weighted by Gasteiger charge is 1.97. The van der Waals surface area contributed by atoms with E-state index in [-0.39, 0.29) is 0 Å². The van der Waals surface area contributed by atoms with Crippen molar-refractivity contribution in [3.05, 3.63) is 0 Å². The van der Waals surface area contributed by atoms with Crippen LogP contribution in [0.3, 0.4) is 0 Å². The molecule has 0 unspecified atom stereocenters. The first-order valence-electron chi connectivity index (χ1n) is 1.91. The molecule has 0 aliphatic carbocycles. The minimum absolute atomic E-state index is 0.616. The first-order chi connectivity index (χ1) is 2.27. The minimum atomic E-state index is -0.616. The van der Waals surface area contributed by atoms with E-state index in [0.717, 1.165) is 0 Å². The molecule has 3 heteroatoms. The molecule has 0 aromatic heterocycles. The number of hydrogen-bond acceptors (Lipinski definition) is 0. The third kappa shape index (κ3) is 4.06. The van der Waals surface area contributed by atoms with E-state index in [1.165, 1.54) is 0 Å². The van der Waals surface area contributed by atoms with Crippen molar-refractivity contribution in [2.45, 2.75) is 13.6 Å². The van der Waals surface area contributed by atoms with Crippen molar-refractivity contribution in [2.75, 3.05) is 0 Å². The molecule has 5 heavy (non-hydrogen) atoms. The molecule has 0 aliphatic heterocycles. The standard InChI is InChI=1S/C2H7B2F/c1-3-4(2)5/h3H,1-2H3. The maximum absolute atomic E-state index is 11.4. The quantitative estimate of drug-likeness (QED) is 0.397. The Labute approximate surface area is 33.1 Å². The number of rotatable bonds is 1. The largest absolute Gasteiger partial charge is 0.348 e. The second-order valence-electron chi connectivity index (χ2n) is 1.19. The maximum Gasteiger partial charge on any atom is 0.302 e. The first-order valence-corrected chi connectivity index (χ1v) is 1.91. The molecule has 0 amide bonds. The molecule has 0 heterocycles. The summed E-state index contributed by atoms with van der Waals surface area (Å²) in [6, 6.07) is 0. The summed E-state index contributed by atoms with van der Waals surface area (Å²) in [5.41, 5.74) is 0. The number of halogens is 1. The lowest BCUT2D eigenvalue weighted by Gasteiger charge is -1.76.